The minimum atomic E-state index is -0.425. The van der Waals surface area contributed by atoms with Gasteiger partial charge in [-0.1, -0.05) is 6.07 Å². The Morgan fingerprint density at radius 3 is 2.69 bits per heavy atom. The molecule has 3 fully saturated rings. The summed E-state index contributed by atoms with van der Waals surface area (Å²) < 4.78 is 31.5. The molecular formula is C26H28FN5O3S. The van der Waals surface area contributed by atoms with Crippen LogP contribution in [0.3, 0.4) is 0 Å². The number of hydrogen-bond donors (Lipinski definition) is 2. The summed E-state index contributed by atoms with van der Waals surface area (Å²) in [5.74, 6) is -0.425. The molecule has 2 aliphatic heterocycles. The van der Waals surface area contributed by atoms with Crippen LogP contribution in [0.25, 0.3) is 22.1 Å². The predicted molar refractivity (Wildman–Crippen MR) is 136 cm³/mol. The molecular weight excluding hydrogens is 481 g/mol. The number of ether oxygens (including phenoxy) is 1. The number of aromatic nitrogens is 4. The summed E-state index contributed by atoms with van der Waals surface area (Å²) >= 11 is 1.23. The maximum absolute atomic E-state index is 15.0. The highest BCUT2D eigenvalue weighted by molar-refractivity contribution is 7.00. The van der Waals surface area contributed by atoms with Crippen molar-refractivity contribution in [2.75, 3.05) is 13.2 Å². The summed E-state index contributed by atoms with van der Waals surface area (Å²) in [5, 5.41) is 13.2. The number of fused-ring (bicyclic) bond motifs is 5. The first-order valence-electron chi connectivity index (χ1n) is 12.4. The molecule has 1 saturated carbocycles. The Balaban J connectivity index is 1.15. The molecule has 0 atom stereocenters. The van der Waals surface area contributed by atoms with Crippen LogP contribution in [-0.2, 0) is 24.2 Å². The number of nitrogens with one attached hydrogen (secondary N) is 1. The quantitative estimate of drug-likeness (QED) is 0.376. The molecule has 2 saturated heterocycles. The lowest BCUT2D eigenvalue weighted by Crippen LogP contribution is -2.61. The van der Waals surface area contributed by atoms with E-state index in [4.69, 9.17) is 4.74 Å². The molecule has 7 rings (SSSR count). The lowest BCUT2D eigenvalue weighted by Gasteiger charge is -2.53. The van der Waals surface area contributed by atoms with Gasteiger partial charge in [0.25, 0.3) is 5.56 Å². The SMILES string of the molecule is O=c1ccc2ncc(F)c(CCC34CCC(NCc5ccc6nsnc6c5)(CC3)CO4)c2n1CCO. The average molecular weight is 510 g/mol. The maximum atomic E-state index is 15.0. The first-order chi connectivity index (χ1) is 17.5. The van der Waals surface area contributed by atoms with Gasteiger partial charge in [-0.25, -0.2) is 4.39 Å². The van der Waals surface area contributed by atoms with Gasteiger partial charge in [0.05, 0.1) is 47.8 Å². The van der Waals surface area contributed by atoms with Crippen molar-refractivity contribution in [3.8, 4) is 0 Å². The van der Waals surface area contributed by atoms with Crippen LogP contribution in [0.4, 0.5) is 4.39 Å². The van der Waals surface area contributed by atoms with E-state index in [0.717, 1.165) is 43.3 Å². The Bertz CT molecular complexity index is 1460. The summed E-state index contributed by atoms with van der Waals surface area (Å²) in [6.45, 7) is 1.28. The van der Waals surface area contributed by atoms with Crippen LogP contribution in [0.15, 0.2) is 41.3 Å². The van der Waals surface area contributed by atoms with Crippen LogP contribution >= 0.6 is 11.7 Å². The number of pyridine rings is 2. The molecule has 2 N–H and O–H groups in total. The van der Waals surface area contributed by atoms with Crippen molar-refractivity contribution in [1.29, 1.82) is 0 Å². The van der Waals surface area contributed by atoms with Crippen LogP contribution in [0, 0.1) is 5.82 Å². The smallest absolute Gasteiger partial charge is 0.251 e. The first-order valence-corrected chi connectivity index (χ1v) is 13.1. The third-order valence-electron chi connectivity index (χ3n) is 7.97. The first kappa shape index (κ1) is 23.6. The Morgan fingerprint density at radius 1 is 1.11 bits per heavy atom. The highest BCUT2D eigenvalue weighted by Crippen LogP contribution is 2.46. The second-order valence-corrected chi connectivity index (χ2v) is 10.6. The topological polar surface area (TPSA) is 102 Å². The number of rotatable bonds is 8. The van der Waals surface area contributed by atoms with Crippen molar-refractivity contribution in [2.45, 2.75) is 62.8 Å². The molecule has 0 unspecified atom stereocenters. The van der Waals surface area contributed by atoms with Crippen molar-refractivity contribution in [3.63, 3.8) is 0 Å². The Kier molecular flexibility index (Phi) is 6.07. The minimum Gasteiger partial charge on any atom is -0.395 e. The number of nitrogens with zero attached hydrogens (tertiary/aromatic N) is 4. The zero-order chi connectivity index (χ0) is 24.8. The van der Waals surface area contributed by atoms with Gasteiger partial charge in [-0.15, -0.1) is 0 Å². The summed E-state index contributed by atoms with van der Waals surface area (Å²) in [6, 6.07) is 9.22. The van der Waals surface area contributed by atoms with Gasteiger partial charge in [0.1, 0.15) is 16.9 Å². The highest BCUT2D eigenvalue weighted by atomic mass is 32.1. The summed E-state index contributed by atoms with van der Waals surface area (Å²) in [5.41, 5.74) is 3.94. The van der Waals surface area contributed by atoms with Gasteiger partial charge >= 0.3 is 0 Å². The molecule has 0 radical (unpaired) electrons. The van der Waals surface area contributed by atoms with Gasteiger partial charge in [0.15, 0.2) is 0 Å². The van der Waals surface area contributed by atoms with Crippen LogP contribution in [0.2, 0.25) is 0 Å². The van der Waals surface area contributed by atoms with E-state index in [9.17, 15) is 14.3 Å². The van der Waals surface area contributed by atoms with Gasteiger partial charge in [-0.05, 0) is 62.3 Å². The van der Waals surface area contributed by atoms with E-state index in [1.807, 2.05) is 6.07 Å². The van der Waals surface area contributed by atoms with Gasteiger partial charge in [-0.2, -0.15) is 8.75 Å². The number of aliphatic hydroxyl groups excluding tert-OH is 1. The average Bonchev–Trinajstić information content (AvgIpc) is 3.38. The molecule has 10 heteroatoms. The molecule has 0 amide bonds. The molecule has 3 aliphatic rings. The highest BCUT2D eigenvalue weighted by Gasteiger charge is 2.49. The third-order valence-corrected chi connectivity index (χ3v) is 8.52. The second kappa shape index (κ2) is 9.26. The van der Waals surface area contributed by atoms with E-state index < -0.39 is 5.82 Å². The monoisotopic (exact) mass is 509 g/mol. The largest absolute Gasteiger partial charge is 0.395 e. The van der Waals surface area contributed by atoms with Crippen LogP contribution in [-0.4, -0.2) is 47.8 Å². The fraction of sp³-hybridized carbons (Fsp3) is 0.462. The number of aliphatic hydroxyl groups is 1. The molecule has 188 valence electrons. The third kappa shape index (κ3) is 4.21. The molecule has 2 bridgehead atoms. The van der Waals surface area contributed by atoms with Gasteiger partial charge < -0.3 is 19.7 Å². The van der Waals surface area contributed by atoms with Crippen molar-refractivity contribution in [2.24, 2.45) is 0 Å². The minimum absolute atomic E-state index is 0.0484. The molecule has 4 aromatic rings. The van der Waals surface area contributed by atoms with E-state index in [2.05, 4.69) is 31.2 Å². The Hall–Kier alpha value is -2.79. The standard InChI is InChI=1S/C26H28FN5O3S/c27-19-15-28-21-3-4-23(34)32(11-12-33)24(21)18(19)5-6-26-9-7-25(8-10-26,16-35-26)29-14-17-1-2-20-22(13-17)31-36-30-20/h1-4,13,15,29,33H,5-12,14,16H2. The van der Waals surface area contributed by atoms with E-state index in [1.54, 1.807) is 6.07 Å². The predicted octanol–water partition coefficient (Wildman–Crippen LogP) is 3.34. The van der Waals surface area contributed by atoms with Crippen molar-refractivity contribution in [1.82, 2.24) is 23.6 Å². The van der Waals surface area contributed by atoms with Crippen LogP contribution < -0.4 is 10.9 Å². The maximum Gasteiger partial charge on any atom is 0.251 e. The molecule has 1 aromatic carbocycles. The Labute approximate surface area is 211 Å². The Morgan fingerprint density at radius 2 is 1.92 bits per heavy atom. The van der Waals surface area contributed by atoms with Crippen LogP contribution in [0.1, 0.15) is 43.2 Å². The van der Waals surface area contributed by atoms with Crippen molar-refractivity contribution >= 4 is 33.8 Å². The van der Waals surface area contributed by atoms with E-state index in [1.165, 1.54) is 34.1 Å². The lowest BCUT2D eigenvalue weighted by molar-refractivity contribution is -0.165. The van der Waals surface area contributed by atoms with Gasteiger partial charge in [0.2, 0.25) is 0 Å². The van der Waals surface area contributed by atoms with Crippen LogP contribution in [0.5, 0.6) is 0 Å². The summed E-state index contributed by atoms with van der Waals surface area (Å²) in [4.78, 5) is 16.6. The number of halogens is 1. The molecule has 8 nitrogen and oxygen atoms in total. The fourth-order valence-electron chi connectivity index (χ4n) is 5.76. The molecule has 36 heavy (non-hydrogen) atoms. The van der Waals surface area contributed by atoms with Gasteiger partial charge in [0, 0.05) is 30.3 Å². The molecule has 5 heterocycles. The zero-order valence-corrected chi connectivity index (χ0v) is 20.7. The van der Waals surface area contributed by atoms with Crippen molar-refractivity contribution < 1.29 is 14.2 Å². The van der Waals surface area contributed by atoms with E-state index in [-0.39, 0.29) is 29.9 Å². The van der Waals surface area contributed by atoms with Gasteiger partial charge in [-0.3, -0.25) is 9.78 Å². The number of benzene rings is 1. The fourth-order valence-corrected chi connectivity index (χ4v) is 6.28. The molecule has 0 spiro atoms. The number of aryl methyl sites for hydroxylation is 1. The zero-order valence-electron chi connectivity index (χ0n) is 19.9. The summed E-state index contributed by atoms with van der Waals surface area (Å²) in [7, 11) is 0. The molecule has 1 aliphatic carbocycles. The number of hydrogen-bond acceptors (Lipinski definition) is 8. The normalized spacial score (nSPS) is 23.6. The molecule has 3 aromatic heterocycles. The van der Waals surface area contributed by atoms with E-state index in [0.29, 0.717) is 36.0 Å². The van der Waals surface area contributed by atoms with E-state index >= 15 is 0 Å². The second-order valence-electron chi connectivity index (χ2n) is 10.1. The summed E-state index contributed by atoms with van der Waals surface area (Å²) in [6.07, 6.45) is 6.16. The lowest BCUT2D eigenvalue weighted by atomic mass is 9.69. The van der Waals surface area contributed by atoms with Crippen molar-refractivity contribution in [3.05, 3.63) is 63.8 Å².